The zero-order valence-corrected chi connectivity index (χ0v) is 22.0. The van der Waals surface area contributed by atoms with Crippen LogP contribution in [0.25, 0.3) is 5.57 Å². The van der Waals surface area contributed by atoms with Crippen molar-refractivity contribution >= 4 is 17.4 Å². The molecule has 2 atom stereocenters. The summed E-state index contributed by atoms with van der Waals surface area (Å²) in [6.07, 6.45) is 13.7. The summed E-state index contributed by atoms with van der Waals surface area (Å²) in [6, 6.07) is 8.45. The summed E-state index contributed by atoms with van der Waals surface area (Å²) in [5.41, 5.74) is 3.71. The molecule has 1 amide bonds. The van der Waals surface area contributed by atoms with Crippen molar-refractivity contribution in [1.82, 2.24) is 14.9 Å². The molecule has 7 heteroatoms. The third kappa shape index (κ3) is 6.15. The van der Waals surface area contributed by atoms with E-state index in [4.69, 9.17) is 4.74 Å². The molecule has 198 valence electrons. The molecule has 0 saturated carbocycles. The lowest BCUT2D eigenvalue weighted by atomic mass is 9.85. The molecule has 7 nitrogen and oxygen atoms in total. The third-order valence-electron chi connectivity index (χ3n) is 8.34. The van der Waals surface area contributed by atoms with Gasteiger partial charge in [0.2, 0.25) is 11.9 Å². The second-order valence-corrected chi connectivity index (χ2v) is 10.7. The molecule has 2 saturated heterocycles. The molecule has 0 spiro atoms. The number of benzene rings is 1. The molecule has 3 aliphatic rings. The highest BCUT2D eigenvalue weighted by molar-refractivity contribution is 5.81. The molecule has 37 heavy (non-hydrogen) atoms. The number of rotatable bonds is 8. The number of ether oxygens (including phenoxy) is 1. The number of carbonyl (C=O) groups is 1. The Kier molecular flexibility index (Phi) is 8.39. The van der Waals surface area contributed by atoms with E-state index in [-0.39, 0.29) is 24.5 Å². The fourth-order valence-electron chi connectivity index (χ4n) is 5.84. The van der Waals surface area contributed by atoms with Gasteiger partial charge in [0.25, 0.3) is 0 Å². The number of piperidine rings is 1. The third-order valence-corrected chi connectivity index (χ3v) is 8.34. The van der Waals surface area contributed by atoms with Crippen molar-refractivity contribution in [3.05, 3.63) is 53.9 Å². The number of nitrogens with zero attached hydrogens (tertiary/aromatic N) is 4. The fourth-order valence-corrected chi connectivity index (χ4v) is 5.84. The number of carbonyl (C=O) groups excluding carboxylic acids is 1. The molecule has 0 radical (unpaired) electrons. The van der Waals surface area contributed by atoms with E-state index in [9.17, 15) is 9.90 Å². The van der Waals surface area contributed by atoms with E-state index in [1.54, 1.807) is 0 Å². The highest BCUT2D eigenvalue weighted by Gasteiger charge is 2.33. The SMILES string of the molecule is CCc1cnc(N2CCC(COc3ccc(C4=CCC(C(=O)N5CCC[C@@H]5CO)CC4)cc3)CC2)nc1. The topological polar surface area (TPSA) is 78.8 Å². The summed E-state index contributed by atoms with van der Waals surface area (Å²) in [5, 5.41) is 9.55. The Morgan fingerprint density at radius 3 is 2.46 bits per heavy atom. The second-order valence-electron chi connectivity index (χ2n) is 10.7. The van der Waals surface area contributed by atoms with E-state index in [1.807, 2.05) is 17.3 Å². The zero-order chi connectivity index (χ0) is 25.6. The van der Waals surface area contributed by atoms with Crippen molar-refractivity contribution in [2.75, 3.05) is 37.7 Å². The lowest BCUT2D eigenvalue weighted by Crippen LogP contribution is -2.41. The zero-order valence-electron chi connectivity index (χ0n) is 22.0. The predicted molar refractivity (Wildman–Crippen MR) is 145 cm³/mol. The van der Waals surface area contributed by atoms with Crippen LogP contribution in [0.2, 0.25) is 0 Å². The summed E-state index contributed by atoms with van der Waals surface area (Å²) in [4.78, 5) is 26.2. The van der Waals surface area contributed by atoms with Crippen LogP contribution >= 0.6 is 0 Å². The maximum atomic E-state index is 12.9. The van der Waals surface area contributed by atoms with Crippen molar-refractivity contribution in [2.45, 2.75) is 64.3 Å². The van der Waals surface area contributed by atoms with E-state index in [0.29, 0.717) is 5.92 Å². The van der Waals surface area contributed by atoms with Crippen molar-refractivity contribution in [1.29, 1.82) is 0 Å². The molecule has 1 unspecified atom stereocenters. The van der Waals surface area contributed by atoms with Crippen LogP contribution in [0.1, 0.15) is 63.0 Å². The number of hydrogen-bond donors (Lipinski definition) is 1. The Labute approximate surface area is 220 Å². The Hall–Kier alpha value is -2.93. The number of aliphatic hydroxyl groups is 1. The summed E-state index contributed by atoms with van der Waals surface area (Å²) >= 11 is 0. The van der Waals surface area contributed by atoms with Gasteiger partial charge in [-0.05, 0) is 86.1 Å². The molecule has 1 N–H and O–H groups in total. The smallest absolute Gasteiger partial charge is 0.226 e. The fraction of sp³-hybridized carbons (Fsp3) is 0.567. The van der Waals surface area contributed by atoms with Gasteiger partial charge in [-0.3, -0.25) is 4.79 Å². The number of aliphatic hydroxyl groups excluding tert-OH is 1. The van der Waals surface area contributed by atoms with Gasteiger partial charge < -0.3 is 19.6 Å². The van der Waals surface area contributed by atoms with Crippen LogP contribution in [-0.4, -0.2) is 64.8 Å². The van der Waals surface area contributed by atoms with Gasteiger partial charge >= 0.3 is 0 Å². The molecule has 1 aromatic heterocycles. The van der Waals surface area contributed by atoms with Gasteiger partial charge in [-0.25, -0.2) is 9.97 Å². The minimum Gasteiger partial charge on any atom is -0.493 e. The Balaban J connectivity index is 1.07. The van der Waals surface area contributed by atoms with Crippen molar-refractivity contribution in [3.63, 3.8) is 0 Å². The summed E-state index contributed by atoms with van der Waals surface area (Å²) in [5.74, 6) is 2.57. The molecule has 2 aliphatic heterocycles. The number of hydrogen-bond acceptors (Lipinski definition) is 6. The first-order valence-corrected chi connectivity index (χ1v) is 14.0. The Morgan fingerprint density at radius 2 is 1.81 bits per heavy atom. The summed E-state index contributed by atoms with van der Waals surface area (Å²) in [6.45, 7) is 5.66. The number of allylic oxidation sites excluding steroid dienone is 2. The number of aromatic nitrogens is 2. The van der Waals surface area contributed by atoms with Crippen molar-refractivity contribution in [2.24, 2.45) is 11.8 Å². The Bertz CT molecular complexity index is 1060. The van der Waals surface area contributed by atoms with Crippen molar-refractivity contribution < 1.29 is 14.6 Å². The van der Waals surface area contributed by atoms with Crippen molar-refractivity contribution in [3.8, 4) is 5.75 Å². The minimum absolute atomic E-state index is 0.0185. The second kappa shape index (κ2) is 12.1. The molecule has 0 bridgehead atoms. The maximum Gasteiger partial charge on any atom is 0.226 e. The predicted octanol–water partition coefficient (Wildman–Crippen LogP) is 4.50. The molecule has 2 fully saturated rings. The summed E-state index contributed by atoms with van der Waals surface area (Å²) < 4.78 is 6.15. The molecule has 3 heterocycles. The van der Waals surface area contributed by atoms with E-state index in [1.165, 1.54) is 16.7 Å². The highest BCUT2D eigenvalue weighted by Crippen LogP contribution is 2.33. The average molecular weight is 505 g/mol. The molecule has 1 aromatic carbocycles. The van der Waals surface area contributed by atoms with Crippen LogP contribution in [0.15, 0.2) is 42.7 Å². The molecule has 2 aromatic rings. The van der Waals surface area contributed by atoms with Gasteiger partial charge in [0.1, 0.15) is 5.75 Å². The van der Waals surface area contributed by atoms with E-state index >= 15 is 0 Å². The van der Waals surface area contributed by atoms with Crippen LogP contribution < -0.4 is 9.64 Å². The lowest BCUT2D eigenvalue weighted by Gasteiger charge is -2.31. The van der Waals surface area contributed by atoms with Gasteiger partial charge in [0, 0.05) is 37.9 Å². The molecular weight excluding hydrogens is 464 g/mol. The number of aryl methyl sites for hydroxylation is 1. The molecule has 5 rings (SSSR count). The first kappa shape index (κ1) is 25.7. The monoisotopic (exact) mass is 504 g/mol. The quantitative estimate of drug-likeness (QED) is 0.570. The first-order chi connectivity index (χ1) is 18.1. The van der Waals surface area contributed by atoms with E-state index in [0.717, 1.165) is 89.3 Å². The molecule has 1 aliphatic carbocycles. The van der Waals surface area contributed by atoms with Gasteiger partial charge in [0.05, 0.1) is 19.3 Å². The number of anilines is 1. The van der Waals surface area contributed by atoms with Crippen LogP contribution in [0.5, 0.6) is 5.75 Å². The van der Waals surface area contributed by atoms with Gasteiger partial charge in [-0.1, -0.05) is 25.1 Å². The highest BCUT2D eigenvalue weighted by atomic mass is 16.5. The van der Waals surface area contributed by atoms with Gasteiger partial charge in [-0.15, -0.1) is 0 Å². The normalized spacial score (nSPS) is 22.7. The standard InChI is InChI=1S/C30H40N4O3/c1-2-22-18-31-30(32-19-22)33-16-13-23(14-17-33)21-37-28-11-9-25(10-12-28)24-5-7-26(8-6-24)29(36)34-15-3-4-27(34)20-35/h5,9-12,18-19,23,26-27,35H,2-4,6-8,13-17,20-21H2,1H3/t26?,27-/m1/s1. The minimum atomic E-state index is 0.0185. The van der Waals surface area contributed by atoms with E-state index < -0.39 is 0 Å². The van der Waals surface area contributed by atoms with E-state index in [2.05, 4.69) is 52.1 Å². The lowest BCUT2D eigenvalue weighted by molar-refractivity contribution is -0.137. The number of likely N-dealkylation sites (tertiary alicyclic amines) is 1. The van der Waals surface area contributed by atoms with Crippen LogP contribution in [0.4, 0.5) is 5.95 Å². The number of amides is 1. The largest absolute Gasteiger partial charge is 0.493 e. The maximum absolute atomic E-state index is 12.9. The average Bonchev–Trinajstić information content (AvgIpc) is 3.45. The van der Waals surface area contributed by atoms with Gasteiger partial charge in [-0.2, -0.15) is 0 Å². The Morgan fingerprint density at radius 1 is 1.05 bits per heavy atom. The van der Waals surface area contributed by atoms with Crippen LogP contribution in [0, 0.1) is 11.8 Å². The first-order valence-electron chi connectivity index (χ1n) is 14.0. The van der Waals surface area contributed by atoms with Crippen LogP contribution in [0.3, 0.4) is 0 Å². The molecular formula is C30H40N4O3. The summed E-state index contributed by atoms with van der Waals surface area (Å²) in [7, 11) is 0. The van der Waals surface area contributed by atoms with Crippen LogP contribution in [-0.2, 0) is 11.2 Å². The van der Waals surface area contributed by atoms with Gasteiger partial charge in [0.15, 0.2) is 0 Å².